The lowest BCUT2D eigenvalue weighted by Crippen LogP contribution is -2.08. The standard InChI is InChI=1S/C21H15BrF3N3/c1-12-3-5-14(6-4-12)18-11-17(21(23,24)25)19-13(2)27-28(20(19)26-18)16-9-7-15(22)8-10-16/h3-11H,1-2H3. The largest absolute Gasteiger partial charge is 0.417 e. The van der Waals surface area contributed by atoms with Gasteiger partial charge in [-0.05, 0) is 44.2 Å². The van der Waals surface area contributed by atoms with Crippen LogP contribution in [0, 0.1) is 13.8 Å². The fourth-order valence-electron chi connectivity index (χ4n) is 3.15. The Morgan fingerprint density at radius 3 is 2.18 bits per heavy atom. The van der Waals surface area contributed by atoms with E-state index in [1.807, 2.05) is 31.2 Å². The number of benzene rings is 2. The molecule has 142 valence electrons. The molecule has 0 N–H and O–H groups in total. The van der Waals surface area contributed by atoms with Crippen molar-refractivity contribution in [1.29, 1.82) is 0 Å². The van der Waals surface area contributed by atoms with Crippen molar-refractivity contribution in [1.82, 2.24) is 14.8 Å². The van der Waals surface area contributed by atoms with Gasteiger partial charge in [0.15, 0.2) is 5.65 Å². The van der Waals surface area contributed by atoms with Crippen molar-refractivity contribution in [3.05, 3.63) is 75.9 Å². The first-order valence-electron chi connectivity index (χ1n) is 8.54. The summed E-state index contributed by atoms with van der Waals surface area (Å²) in [6.07, 6.45) is -4.51. The van der Waals surface area contributed by atoms with Crippen LogP contribution in [0.2, 0.25) is 0 Å². The number of aromatic nitrogens is 3. The monoisotopic (exact) mass is 445 g/mol. The Labute approximate surface area is 168 Å². The smallest absolute Gasteiger partial charge is 0.228 e. The molecular formula is C21H15BrF3N3. The molecule has 4 aromatic rings. The Kier molecular flexibility index (Phi) is 4.50. The first kappa shape index (κ1) is 18.7. The third-order valence-corrected chi connectivity index (χ3v) is 5.07. The van der Waals surface area contributed by atoms with Gasteiger partial charge in [-0.25, -0.2) is 9.67 Å². The summed E-state index contributed by atoms with van der Waals surface area (Å²) in [7, 11) is 0. The minimum atomic E-state index is -4.51. The van der Waals surface area contributed by atoms with Gasteiger partial charge in [-0.15, -0.1) is 0 Å². The highest BCUT2D eigenvalue weighted by Crippen LogP contribution is 2.38. The Balaban J connectivity index is 2.04. The summed E-state index contributed by atoms with van der Waals surface area (Å²) in [5.41, 5.74) is 2.30. The average Bonchev–Trinajstić information content (AvgIpc) is 2.98. The number of hydrogen-bond donors (Lipinski definition) is 0. The van der Waals surface area contributed by atoms with Crippen molar-refractivity contribution >= 4 is 27.0 Å². The average molecular weight is 446 g/mol. The SMILES string of the molecule is Cc1ccc(-c2cc(C(F)(F)F)c3c(C)nn(-c4ccc(Br)cc4)c3n2)cc1. The van der Waals surface area contributed by atoms with Crippen LogP contribution in [0.15, 0.2) is 59.1 Å². The molecule has 0 radical (unpaired) electrons. The van der Waals surface area contributed by atoms with Crippen molar-refractivity contribution in [2.24, 2.45) is 0 Å². The first-order chi connectivity index (χ1) is 13.2. The lowest BCUT2D eigenvalue weighted by atomic mass is 10.0. The molecule has 0 saturated carbocycles. The summed E-state index contributed by atoms with van der Waals surface area (Å²) in [4.78, 5) is 4.56. The van der Waals surface area contributed by atoms with Gasteiger partial charge in [-0.1, -0.05) is 45.8 Å². The minimum absolute atomic E-state index is 0.0197. The molecule has 7 heteroatoms. The number of hydrogen-bond acceptors (Lipinski definition) is 2. The topological polar surface area (TPSA) is 30.7 Å². The fraction of sp³-hybridized carbons (Fsp3) is 0.143. The fourth-order valence-corrected chi connectivity index (χ4v) is 3.41. The molecule has 0 saturated heterocycles. The van der Waals surface area contributed by atoms with Crippen molar-refractivity contribution in [2.45, 2.75) is 20.0 Å². The van der Waals surface area contributed by atoms with Gasteiger partial charge in [0, 0.05) is 10.0 Å². The highest BCUT2D eigenvalue weighted by molar-refractivity contribution is 9.10. The molecule has 3 nitrogen and oxygen atoms in total. The van der Waals surface area contributed by atoms with Gasteiger partial charge in [0.25, 0.3) is 0 Å². The van der Waals surface area contributed by atoms with Crippen LogP contribution >= 0.6 is 15.9 Å². The highest BCUT2D eigenvalue weighted by Gasteiger charge is 2.35. The molecule has 0 aliphatic carbocycles. The molecule has 0 bridgehead atoms. The van der Waals surface area contributed by atoms with Gasteiger partial charge in [-0.3, -0.25) is 0 Å². The van der Waals surface area contributed by atoms with Gasteiger partial charge in [-0.2, -0.15) is 18.3 Å². The van der Waals surface area contributed by atoms with E-state index >= 15 is 0 Å². The Hall–Kier alpha value is -2.67. The molecular weight excluding hydrogens is 431 g/mol. The van der Waals surface area contributed by atoms with E-state index in [1.54, 1.807) is 31.2 Å². The van der Waals surface area contributed by atoms with Gasteiger partial charge >= 0.3 is 6.18 Å². The lowest BCUT2D eigenvalue weighted by molar-refractivity contribution is -0.136. The van der Waals surface area contributed by atoms with Gasteiger partial charge in [0.2, 0.25) is 0 Å². The van der Waals surface area contributed by atoms with Crippen LogP contribution in [0.5, 0.6) is 0 Å². The second-order valence-electron chi connectivity index (χ2n) is 6.59. The summed E-state index contributed by atoms with van der Waals surface area (Å²) in [5, 5.41) is 4.37. The first-order valence-corrected chi connectivity index (χ1v) is 9.34. The molecule has 0 atom stereocenters. The predicted molar refractivity (Wildman–Crippen MR) is 106 cm³/mol. The van der Waals surface area contributed by atoms with E-state index in [9.17, 15) is 13.2 Å². The zero-order valence-corrected chi connectivity index (χ0v) is 16.6. The molecule has 0 spiro atoms. The third-order valence-electron chi connectivity index (χ3n) is 4.54. The van der Waals surface area contributed by atoms with Gasteiger partial charge in [0.05, 0.1) is 28.0 Å². The summed E-state index contributed by atoms with van der Waals surface area (Å²) < 4.78 is 43.9. The van der Waals surface area contributed by atoms with Gasteiger partial charge < -0.3 is 0 Å². The maximum Gasteiger partial charge on any atom is 0.417 e. The number of nitrogens with zero attached hydrogens (tertiary/aromatic N) is 3. The summed E-state index contributed by atoms with van der Waals surface area (Å²) in [6, 6.07) is 15.5. The number of alkyl halides is 3. The zero-order chi connectivity index (χ0) is 20.1. The molecule has 2 heterocycles. The van der Waals surface area contributed by atoms with E-state index in [0.29, 0.717) is 11.3 Å². The van der Waals surface area contributed by atoms with E-state index in [1.165, 1.54) is 4.68 Å². The van der Waals surface area contributed by atoms with Crippen LogP contribution in [-0.4, -0.2) is 14.8 Å². The molecule has 0 unspecified atom stereocenters. The summed E-state index contributed by atoms with van der Waals surface area (Å²) >= 11 is 3.36. The second-order valence-corrected chi connectivity index (χ2v) is 7.51. The summed E-state index contributed by atoms with van der Waals surface area (Å²) in [6.45, 7) is 3.49. The molecule has 0 amide bonds. The molecule has 0 aliphatic rings. The highest BCUT2D eigenvalue weighted by atomic mass is 79.9. The Morgan fingerprint density at radius 2 is 1.57 bits per heavy atom. The normalized spacial score (nSPS) is 11.9. The molecule has 0 fully saturated rings. The molecule has 28 heavy (non-hydrogen) atoms. The van der Waals surface area contributed by atoms with Crippen molar-refractivity contribution in [2.75, 3.05) is 0 Å². The second kappa shape index (κ2) is 6.74. The van der Waals surface area contributed by atoms with E-state index in [-0.39, 0.29) is 22.4 Å². The van der Waals surface area contributed by atoms with Gasteiger partial charge in [0.1, 0.15) is 0 Å². The number of rotatable bonds is 2. The number of fused-ring (bicyclic) bond motifs is 1. The van der Waals surface area contributed by atoms with Crippen LogP contribution in [0.25, 0.3) is 28.0 Å². The Morgan fingerprint density at radius 1 is 0.929 bits per heavy atom. The van der Waals surface area contributed by atoms with Crippen LogP contribution in [0.4, 0.5) is 13.2 Å². The van der Waals surface area contributed by atoms with Crippen LogP contribution in [-0.2, 0) is 6.18 Å². The zero-order valence-electron chi connectivity index (χ0n) is 15.0. The molecule has 0 aliphatic heterocycles. The van der Waals surface area contributed by atoms with E-state index < -0.39 is 11.7 Å². The number of halogens is 4. The Bertz CT molecular complexity index is 1160. The van der Waals surface area contributed by atoms with Crippen LogP contribution in [0.1, 0.15) is 16.8 Å². The van der Waals surface area contributed by atoms with E-state index in [2.05, 4.69) is 26.0 Å². The molecule has 2 aromatic carbocycles. The van der Waals surface area contributed by atoms with E-state index in [4.69, 9.17) is 0 Å². The number of aryl methyl sites for hydroxylation is 2. The van der Waals surface area contributed by atoms with Crippen molar-refractivity contribution < 1.29 is 13.2 Å². The van der Waals surface area contributed by atoms with E-state index in [0.717, 1.165) is 16.1 Å². The van der Waals surface area contributed by atoms with Crippen molar-refractivity contribution in [3.8, 4) is 16.9 Å². The van der Waals surface area contributed by atoms with Crippen LogP contribution in [0.3, 0.4) is 0 Å². The molecule has 2 aromatic heterocycles. The lowest BCUT2D eigenvalue weighted by Gasteiger charge is -2.12. The quantitative estimate of drug-likeness (QED) is 0.353. The molecule has 4 rings (SSSR count). The summed E-state index contributed by atoms with van der Waals surface area (Å²) in [5.74, 6) is 0. The predicted octanol–water partition coefficient (Wildman–Crippen LogP) is 6.49. The van der Waals surface area contributed by atoms with Crippen molar-refractivity contribution in [3.63, 3.8) is 0 Å². The third kappa shape index (κ3) is 3.30. The minimum Gasteiger partial charge on any atom is -0.228 e. The maximum atomic E-state index is 13.9. The number of pyridine rings is 1. The maximum absolute atomic E-state index is 13.9. The van der Waals surface area contributed by atoms with Crippen LogP contribution < -0.4 is 0 Å².